The lowest BCUT2D eigenvalue weighted by Gasteiger charge is -2.25. The molecule has 3 aromatic rings. The van der Waals surface area contributed by atoms with Gasteiger partial charge in [0.2, 0.25) is 0 Å². The summed E-state index contributed by atoms with van der Waals surface area (Å²) in [5.41, 5.74) is 13.3. The third-order valence-corrected chi connectivity index (χ3v) is 8.75. The van der Waals surface area contributed by atoms with Crippen LogP contribution in [0.15, 0.2) is 0 Å². The van der Waals surface area contributed by atoms with Gasteiger partial charge < -0.3 is 0 Å². The van der Waals surface area contributed by atoms with E-state index < -0.39 is 8.80 Å². The van der Waals surface area contributed by atoms with Gasteiger partial charge in [0.05, 0.1) is 8.80 Å². The summed E-state index contributed by atoms with van der Waals surface area (Å²) < 4.78 is 0. The monoisotopic (exact) mass is 361 g/mol. The van der Waals surface area contributed by atoms with E-state index in [1.54, 1.807) is 5.19 Å². The first-order valence-electron chi connectivity index (χ1n) is 9.75. The van der Waals surface area contributed by atoms with Crippen LogP contribution in [0.5, 0.6) is 0 Å². The van der Waals surface area contributed by atoms with E-state index in [0.717, 1.165) is 0 Å². The summed E-state index contributed by atoms with van der Waals surface area (Å²) in [6.07, 6.45) is 0. The van der Waals surface area contributed by atoms with Gasteiger partial charge in [-0.1, -0.05) is 18.3 Å². The van der Waals surface area contributed by atoms with Crippen molar-refractivity contribution < 1.29 is 0 Å². The summed E-state index contributed by atoms with van der Waals surface area (Å²) in [7, 11) is -0.499. The highest BCUT2D eigenvalue weighted by Gasteiger charge is 2.22. The predicted molar refractivity (Wildman–Crippen MR) is 121 cm³/mol. The molecule has 0 aliphatic carbocycles. The number of aryl methyl sites for hydroxylation is 6. The van der Waals surface area contributed by atoms with Crippen molar-refractivity contribution in [1.82, 2.24) is 0 Å². The maximum Gasteiger partial charge on any atom is 0.0799 e. The van der Waals surface area contributed by atoms with E-state index in [-0.39, 0.29) is 0 Å². The Hall–Kier alpha value is -1.60. The van der Waals surface area contributed by atoms with Crippen molar-refractivity contribution in [2.24, 2.45) is 0 Å². The van der Waals surface area contributed by atoms with Crippen molar-refractivity contribution in [1.29, 1.82) is 0 Å². The summed E-state index contributed by atoms with van der Waals surface area (Å²) in [4.78, 5) is 0. The normalized spacial score (nSPS) is 12.0. The van der Waals surface area contributed by atoms with Gasteiger partial charge in [-0.3, -0.25) is 0 Å². The summed E-state index contributed by atoms with van der Waals surface area (Å²) in [5.74, 6) is 0. The van der Waals surface area contributed by atoms with Crippen molar-refractivity contribution in [3.63, 3.8) is 0 Å². The summed E-state index contributed by atoms with van der Waals surface area (Å²) >= 11 is 0. The van der Waals surface area contributed by atoms with Crippen LogP contribution in [0.25, 0.3) is 21.5 Å². The topological polar surface area (TPSA) is 0 Å². The highest BCUT2D eigenvalue weighted by atomic mass is 28.3. The fourth-order valence-electron chi connectivity index (χ4n) is 5.34. The number of fused-ring (bicyclic) bond motifs is 2. The molecule has 1 heteroatoms. The molecular formula is C25H33Si. The minimum atomic E-state index is -0.499. The molecule has 0 heterocycles. The van der Waals surface area contributed by atoms with Gasteiger partial charge in [0.1, 0.15) is 0 Å². The molecule has 0 saturated carbocycles. The molecule has 1 radical (unpaired) electrons. The van der Waals surface area contributed by atoms with Gasteiger partial charge in [-0.25, -0.2) is 0 Å². The minimum absolute atomic E-state index is 0.499. The maximum atomic E-state index is 2.43. The lowest BCUT2D eigenvalue weighted by Crippen LogP contribution is -2.29. The molecule has 0 aliphatic heterocycles. The Labute approximate surface area is 161 Å². The van der Waals surface area contributed by atoms with E-state index in [2.05, 4.69) is 75.4 Å². The Morgan fingerprint density at radius 3 is 1.00 bits per heavy atom. The highest BCUT2D eigenvalue weighted by Crippen LogP contribution is 2.41. The fourth-order valence-corrected chi connectivity index (χ4v) is 7.16. The van der Waals surface area contributed by atoms with Crippen LogP contribution in [-0.4, -0.2) is 8.80 Å². The second-order valence-electron chi connectivity index (χ2n) is 8.50. The molecule has 26 heavy (non-hydrogen) atoms. The van der Waals surface area contributed by atoms with E-state index in [1.165, 1.54) is 71.6 Å². The van der Waals surface area contributed by atoms with Crippen LogP contribution < -0.4 is 5.19 Å². The van der Waals surface area contributed by atoms with Crippen molar-refractivity contribution in [2.45, 2.75) is 75.4 Å². The van der Waals surface area contributed by atoms with E-state index in [1.807, 2.05) is 0 Å². The van der Waals surface area contributed by atoms with Gasteiger partial charge in [0, 0.05) is 0 Å². The largest absolute Gasteiger partial charge is 0.0799 e. The van der Waals surface area contributed by atoms with Crippen LogP contribution in [0.3, 0.4) is 0 Å². The average molecular weight is 362 g/mol. The SMILES string of the molecule is Cc1c(C)c(C)c2c(C)c3c(C)c([Si](C)C)c(C)c(C)c3c(C)c2c1C. The Morgan fingerprint density at radius 1 is 0.346 bits per heavy atom. The van der Waals surface area contributed by atoms with E-state index in [9.17, 15) is 0 Å². The molecule has 0 atom stereocenters. The number of hydrogen-bond donors (Lipinski definition) is 0. The molecule has 0 unspecified atom stereocenters. The lowest BCUT2D eigenvalue weighted by molar-refractivity contribution is 1.24. The quantitative estimate of drug-likeness (QED) is 0.333. The second kappa shape index (κ2) is 6.23. The van der Waals surface area contributed by atoms with Crippen molar-refractivity contribution in [3.05, 3.63) is 50.1 Å². The average Bonchev–Trinajstić information content (AvgIpc) is 2.57. The standard InChI is InChI=1S/C25H33Si/c1-12-13(2)15(4)22-19(8)24-20(9)25(26(10)11)17(6)16(5)23(24)18(7)21(22)14(12)3/h1-11H3. The molecule has 0 N–H and O–H groups in total. The Kier molecular flexibility index (Phi) is 4.59. The first-order valence-corrected chi connectivity index (χ1v) is 12.2. The Balaban J connectivity index is 2.78. The van der Waals surface area contributed by atoms with Crippen molar-refractivity contribution in [3.8, 4) is 0 Å². The zero-order valence-electron chi connectivity index (χ0n) is 18.5. The molecule has 0 bridgehead atoms. The third-order valence-electron chi connectivity index (χ3n) is 7.00. The molecule has 137 valence electrons. The fraction of sp³-hybridized carbons (Fsp3) is 0.440. The molecule has 0 nitrogen and oxygen atoms in total. The van der Waals surface area contributed by atoms with Gasteiger partial charge >= 0.3 is 0 Å². The molecule has 0 spiro atoms. The van der Waals surface area contributed by atoms with Crippen LogP contribution >= 0.6 is 0 Å². The zero-order chi connectivity index (χ0) is 19.7. The third kappa shape index (κ3) is 2.33. The van der Waals surface area contributed by atoms with Gasteiger partial charge in [-0.2, -0.15) is 0 Å². The molecule has 3 aromatic carbocycles. The number of hydrogen-bond acceptors (Lipinski definition) is 0. The van der Waals surface area contributed by atoms with Crippen LogP contribution in [-0.2, 0) is 0 Å². The van der Waals surface area contributed by atoms with Gasteiger partial charge in [0.25, 0.3) is 0 Å². The predicted octanol–water partition coefficient (Wildman–Crippen LogP) is 6.73. The van der Waals surface area contributed by atoms with Crippen LogP contribution in [0.1, 0.15) is 50.1 Å². The van der Waals surface area contributed by atoms with Gasteiger partial charge in [0.15, 0.2) is 0 Å². The Morgan fingerprint density at radius 2 is 0.654 bits per heavy atom. The van der Waals surface area contributed by atoms with Crippen LogP contribution in [0.4, 0.5) is 0 Å². The second-order valence-corrected chi connectivity index (χ2v) is 11.0. The summed E-state index contributed by atoms with van der Waals surface area (Å²) in [5, 5.41) is 7.64. The maximum absolute atomic E-state index is 2.43. The van der Waals surface area contributed by atoms with Gasteiger partial charge in [-0.15, -0.1) is 0 Å². The zero-order valence-corrected chi connectivity index (χ0v) is 19.5. The molecule has 3 rings (SSSR count). The van der Waals surface area contributed by atoms with Crippen LogP contribution in [0.2, 0.25) is 13.1 Å². The first kappa shape index (κ1) is 19.2. The summed E-state index contributed by atoms with van der Waals surface area (Å²) in [6, 6.07) is 0. The highest BCUT2D eigenvalue weighted by molar-refractivity contribution is 6.72. The molecule has 0 fully saturated rings. The number of rotatable bonds is 1. The molecular weight excluding hydrogens is 328 g/mol. The molecule has 0 saturated heterocycles. The molecule has 0 aliphatic rings. The lowest BCUT2D eigenvalue weighted by atomic mass is 9.81. The first-order chi connectivity index (χ1) is 12.0. The smallest absolute Gasteiger partial charge is 0.0671 e. The minimum Gasteiger partial charge on any atom is -0.0671 e. The molecule has 0 amide bonds. The Bertz CT molecular complexity index is 1080. The number of benzene rings is 3. The molecule has 0 aromatic heterocycles. The van der Waals surface area contributed by atoms with Crippen molar-refractivity contribution in [2.75, 3.05) is 0 Å². The van der Waals surface area contributed by atoms with E-state index in [4.69, 9.17) is 0 Å². The van der Waals surface area contributed by atoms with E-state index in [0.29, 0.717) is 0 Å². The van der Waals surface area contributed by atoms with Crippen molar-refractivity contribution >= 4 is 35.5 Å². The summed E-state index contributed by atoms with van der Waals surface area (Å²) in [6.45, 7) is 25.8. The van der Waals surface area contributed by atoms with Crippen LogP contribution in [0, 0.1) is 62.3 Å². The van der Waals surface area contributed by atoms with Gasteiger partial charge in [-0.05, 0) is 134 Å². The van der Waals surface area contributed by atoms with E-state index >= 15 is 0 Å².